The molecule has 0 amide bonds. The second-order valence-electron chi connectivity index (χ2n) is 6.66. The number of carbonyl (C=O) groups is 1. The van der Waals surface area contributed by atoms with Gasteiger partial charge in [0, 0.05) is 18.2 Å². The van der Waals surface area contributed by atoms with Crippen LogP contribution < -0.4 is 15.4 Å². The molecular weight excluding hydrogens is 386 g/mol. The standard InChI is InChI=1S/C23H17NO6/c1-14-21(15-6-3-2-4-7-15)22(25)19-11-10-18(13-20(19)29-14)30-23(26)16-8-5-9-17(12-16)24(27)28/h2-13,24,27H,1H3. The number of benzene rings is 3. The zero-order valence-corrected chi connectivity index (χ0v) is 15.9. The van der Waals surface area contributed by atoms with Gasteiger partial charge in [0.2, 0.25) is 5.43 Å². The van der Waals surface area contributed by atoms with Crippen molar-refractivity contribution in [2.24, 2.45) is 0 Å². The number of hydrogen-bond acceptors (Lipinski definition) is 6. The molecule has 0 saturated heterocycles. The SMILES string of the molecule is Cc1oc2cc(OC(=O)c3cccc([NH+]([O-])O)c3)ccc2c(=O)c1-c1ccccc1. The van der Waals surface area contributed by atoms with Crippen LogP contribution in [0.15, 0.2) is 82.0 Å². The van der Waals surface area contributed by atoms with Crippen LogP contribution in [0.25, 0.3) is 22.1 Å². The average Bonchev–Trinajstić information content (AvgIpc) is 2.74. The zero-order valence-electron chi connectivity index (χ0n) is 15.9. The summed E-state index contributed by atoms with van der Waals surface area (Å²) in [5, 5.41) is 19.4. The minimum Gasteiger partial charge on any atom is -0.595 e. The first-order valence-electron chi connectivity index (χ1n) is 9.12. The lowest BCUT2D eigenvalue weighted by molar-refractivity contribution is -0.991. The Kier molecular flexibility index (Phi) is 5.16. The van der Waals surface area contributed by atoms with Gasteiger partial charge in [-0.15, -0.1) is 0 Å². The molecule has 4 rings (SSSR count). The molecule has 7 nitrogen and oxygen atoms in total. The van der Waals surface area contributed by atoms with E-state index in [0.717, 1.165) is 5.56 Å². The first kappa shape index (κ1) is 19.5. The molecule has 0 aliphatic heterocycles. The molecule has 4 aromatic rings. The van der Waals surface area contributed by atoms with E-state index in [4.69, 9.17) is 14.4 Å². The summed E-state index contributed by atoms with van der Waals surface area (Å²) in [6, 6.07) is 19.3. The van der Waals surface area contributed by atoms with Crippen molar-refractivity contribution in [3.05, 3.63) is 99.6 Å². The van der Waals surface area contributed by atoms with E-state index >= 15 is 0 Å². The van der Waals surface area contributed by atoms with Gasteiger partial charge in [-0.2, -0.15) is 5.23 Å². The first-order valence-corrected chi connectivity index (χ1v) is 9.12. The van der Waals surface area contributed by atoms with Crippen molar-refractivity contribution in [1.82, 2.24) is 0 Å². The highest BCUT2D eigenvalue weighted by atomic mass is 16.8. The highest BCUT2D eigenvalue weighted by Crippen LogP contribution is 2.26. The van der Waals surface area contributed by atoms with E-state index in [9.17, 15) is 14.8 Å². The van der Waals surface area contributed by atoms with Gasteiger partial charge in [-0.1, -0.05) is 36.4 Å². The molecule has 1 aromatic heterocycles. The van der Waals surface area contributed by atoms with Crippen LogP contribution in [0.5, 0.6) is 5.75 Å². The third-order valence-corrected chi connectivity index (χ3v) is 4.66. The second kappa shape index (κ2) is 7.92. The van der Waals surface area contributed by atoms with Crippen LogP contribution in [0.3, 0.4) is 0 Å². The van der Waals surface area contributed by atoms with Gasteiger partial charge in [0.05, 0.1) is 16.5 Å². The lowest BCUT2D eigenvalue weighted by Gasteiger charge is -2.12. The fourth-order valence-corrected chi connectivity index (χ4v) is 3.23. The number of esters is 1. The quantitative estimate of drug-likeness (QED) is 0.308. The number of nitrogens with one attached hydrogen (secondary N) is 1. The fourth-order valence-electron chi connectivity index (χ4n) is 3.23. The van der Waals surface area contributed by atoms with Crippen molar-refractivity contribution in [2.75, 3.05) is 0 Å². The molecule has 0 radical (unpaired) electrons. The average molecular weight is 403 g/mol. The molecule has 3 aromatic carbocycles. The van der Waals surface area contributed by atoms with Crippen LogP contribution in [0, 0.1) is 12.1 Å². The topological polar surface area (TPSA) is 104 Å². The van der Waals surface area contributed by atoms with Crippen molar-refractivity contribution in [3.8, 4) is 16.9 Å². The van der Waals surface area contributed by atoms with Crippen molar-refractivity contribution >= 4 is 22.6 Å². The first-order chi connectivity index (χ1) is 14.4. The Morgan fingerprint density at radius 1 is 1.03 bits per heavy atom. The zero-order chi connectivity index (χ0) is 21.3. The summed E-state index contributed by atoms with van der Waals surface area (Å²) in [5.41, 5.74) is 1.46. The molecule has 0 aliphatic rings. The number of hydrogen-bond donors (Lipinski definition) is 2. The maximum Gasteiger partial charge on any atom is 0.343 e. The highest BCUT2D eigenvalue weighted by molar-refractivity contribution is 5.92. The van der Waals surface area contributed by atoms with Crippen LogP contribution in [-0.2, 0) is 0 Å². The maximum atomic E-state index is 13.0. The second-order valence-corrected chi connectivity index (χ2v) is 6.66. The van der Waals surface area contributed by atoms with E-state index in [1.165, 1.54) is 36.4 Å². The Balaban J connectivity index is 1.68. The van der Waals surface area contributed by atoms with Gasteiger partial charge in [-0.3, -0.25) is 4.79 Å². The van der Waals surface area contributed by atoms with E-state index in [-0.39, 0.29) is 22.4 Å². The summed E-state index contributed by atoms with van der Waals surface area (Å²) in [6.07, 6.45) is 0. The summed E-state index contributed by atoms with van der Waals surface area (Å²) < 4.78 is 11.2. The van der Waals surface area contributed by atoms with Crippen molar-refractivity contribution in [1.29, 1.82) is 0 Å². The number of quaternary nitrogens is 1. The molecule has 2 N–H and O–H groups in total. The van der Waals surface area contributed by atoms with E-state index in [1.54, 1.807) is 13.0 Å². The van der Waals surface area contributed by atoms with Crippen LogP contribution in [0.4, 0.5) is 5.69 Å². The van der Waals surface area contributed by atoms with Crippen molar-refractivity contribution in [3.63, 3.8) is 0 Å². The van der Waals surface area contributed by atoms with Crippen LogP contribution in [0.2, 0.25) is 0 Å². The molecule has 1 heterocycles. The molecular formula is C23H17NO6. The summed E-state index contributed by atoms with van der Waals surface area (Å²) in [4.78, 5) is 25.4. The minimum absolute atomic E-state index is 0.0157. The number of ether oxygens (including phenoxy) is 1. The highest BCUT2D eigenvalue weighted by Gasteiger charge is 2.16. The van der Waals surface area contributed by atoms with Gasteiger partial charge >= 0.3 is 5.97 Å². The molecule has 7 heteroatoms. The Labute approximate surface area is 170 Å². The lowest BCUT2D eigenvalue weighted by Crippen LogP contribution is -2.99. The van der Waals surface area contributed by atoms with Gasteiger partial charge in [0.1, 0.15) is 17.1 Å². The summed E-state index contributed by atoms with van der Waals surface area (Å²) in [6.45, 7) is 1.71. The van der Waals surface area contributed by atoms with E-state index in [0.29, 0.717) is 22.3 Å². The Hall–Kier alpha value is -3.78. The lowest BCUT2D eigenvalue weighted by atomic mass is 10.0. The van der Waals surface area contributed by atoms with E-state index in [1.807, 2.05) is 30.3 Å². The van der Waals surface area contributed by atoms with Crippen LogP contribution >= 0.6 is 0 Å². The smallest absolute Gasteiger partial charge is 0.343 e. The normalized spacial score (nSPS) is 12.0. The van der Waals surface area contributed by atoms with Gasteiger partial charge in [-0.25, -0.2) is 10.0 Å². The Morgan fingerprint density at radius 3 is 2.53 bits per heavy atom. The molecule has 0 fully saturated rings. The molecule has 0 saturated carbocycles. The molecule has 0 spiro atoms. The van der Waals surface area contributed by atoms with Crippen LogP contribution in [0.1, 0.15) is 16.1 Å². The number of rotatable bonds is 4. The molecule has 0 bridgehead atoms. The number of fused-ring (bicyclic) bond motifs is 1. The molecule has 1 atom stereocenters. The predicted octanol–water partition coefficient (Wildman–Crippen LogP) is 3.39. The fraction of sp³-hybridized carbons (Fsp3) is 0.0435. The third-order valence-electron chi connectivity index (χ3n) is 4.66. The van der Waals surface area contributed by atoms with Gasteiger partial charge in [0.25, 0.3) is 0 Å². The van der Waals surface area contributed by atoms with Crippen molar-refractivity contribution < 1.29 is 24.4 Å². The molecule has 0 aliphatic carbocycles. The maximum absolute atomic E-state index is 13.0. The van der Waals surface area contributed by atoms with Crippen LogP contribution in [-0.4, -0.2) is 11.2 Å². The third kappa shape index (κ3) is 3.72. The van der Waals surface area contributed by atoms with Gasteiger partial charge < -0.3 is 14.4 Å². The Morgan fingerprint density at radius 2 is 1.80 bits per heavy atom. The number of aryl methyl sites for hydroxylation is 1. The monoisotopic (exact) mass is 403 g/mol. The molecule has 1 unspecified atom stereocenters. The Bertz CT molecular complexity index is 1290. The number of carbonyl (C=O) groups excluding carboxylic acids is 1. The van der Waals surface area contributed by atoms with Crippen molar-refractivity contribution in [2.45, 2.75) is 6.92 Å². The summed E-state index contributed by atoms with van der Waals surface area (Å²) in [5.74, 6) is -0.0722. The predicted molar refractivity (Wildman–Crippen MR) is 110 cm³/mol. The molecule has 30 heavy (non-hydrogen) atoms. The van der Waals surface area contributed by atoms with E-state index < -0.39 is 11.2 Å². The summed E-state index contributed by atoms with van der Waals surface area (Å²) >= 11 is 0. The van der Waals surface area contributed by atoms with Gasteiger partial charge in [-0.05, 0) is 30.7 Å². The minimum atomic E-state index is -1.14. The summed E-state index contributed by atoms with van der Waals surface area (Å²) in [7, 11) is 0. The van der Waals surface area contributed by atoms with Gasteiger partial charge in [0.15, 0.2) is 5.69 Å². The molecule has 150 valence electrons. The largest absolute Gasteiger partial charge is 0.595 e. The van der Waals surface area contributed by atoms with E-state index in [2.05, 4.69) is 0 Å².